The third-order valence-corrected chi connectivity index (χ3v) is 3.35. The molecule has 1 N–H and O–H groups in total. The fraction of sp³-hybridized carbons (Fsp3) is 0.286. The summed E-state index contributed by atoms with van der Waals surface area (Å²) in [7, 11) is 0. The minimum Gasteiger partial charge on any atom is -0.374 e. The maximum absolute atomic E-state index is 4.72. The van der Waals surface area contributed by atoms with Crippen LogP contribution in [0.1, 0.15) is 18.5 Å². The lowest BCUT2D eigenvalue weighted by molar-refractivity contribution is 0.577. The second-order valence-corrected chi connectivity index (χ2v) is 4.47. The molecular weight excluding hydrogens is 210 g/mol. The van der Waals surface area contributed by atoms with Crippen LogP contribution in [0.4, 0.5) is 0 Å². The van der Waals surface area contributed by atoms with Crippen LogP contribution in [0.5, 0.6) is 0 Å². The highest BCUT2D eigenvalue weighted by Gasteiger charge is 2.21. The van der Waals surface area contributed by atoms with Crippen molar-refractivity contribution in [2.24, 2.45) is 4.99 Å². The molecule has 3 heteroatoms. The van der Waals surface area contributed by atoms with Gasteiger partial charge in [-0.1, -0.05) is 31.2 Å². The lowest BCUT2D eigenvalue weighted by Crippen LogP contribution is -2.21. The Labute approximate surface area is 101 Å². The summed E-state index contributed by atoms with van der Waals surface area (Å²) in [6.07, 6.45) is 1.79. The summed E-state index contributed by atoms with van der Waals surface area (Å²) in [6.45, 7) is 3.10. The molecule has 2 atom stereocenters. The zero-order valence-corrected chi connectivity index (χ0v) is 9.80. The molecule has 3 nitrogen and oxygen atoms in total. The lowest BCUT2D eigenvalue weighted by atomic mass is 9.98. The van der Waals surface area contributed by atoms with E-state index in [0.717, 1.165) is 17.8 Å². The van der Waals surface area contributed by atoms with Crippen molar-refractivity contribution in [1.29, 1.82) is 0 Å². The van der Waals surface area contributed by atoms with Gasteiger partial charge in [-0.25, -0.2) is 0 Å². The van der Waals surface area contributed by atoms with E-state index < -0.39 is 0 Å². The molecule has 2 heterocycles. The van der Waals surface area contributed by atoms with Crippen molar-refractivity contribution in [3.8, 4) is 0 Å². The van der Waals surface area contributed by atoms with Crippen LogP contribution >= 0.6 is 0 Å². The largest absolute Gasteiger partial charge is 0.374 e. The van der Waals surface area contributed by atoms with Gasteiger partial charge < -0.3 is 5.32 Å². The summed E-state index contributed by atoms with van der Waals surface area (Å²) in [6, 6.07) is 12.8. The summed E-state index contributed by atoms with van der Waals surface area (Å²) in [5.74, 6) is 0.353. The van der Waals surface area contributed by atoms with Crippen molar-refractivity contribution in [3.63, 3.8) is 0 Å². The van der Waals surface area contributed by atoms with Gasteiger partial charge >= 0.3 is 0 Å². The smallest absolute Gasteiger partial charge is 0.0829 e. The van der Waals surface area contributed by atoms with Crippen molar-refractivity contribution < 1.29 is 0 Å². The molecule has 1 aromatic carbocycles. The lowest BCUT2D eigenvalue weighted by Gasteiger charge is -2.16. The Kier molecular flexibility index (Phi) is 2.52. The Morgan fingerprint density at radius 3 is 2.94 bits per heavy atom. The highest BCUT2D eigenvalue weighted by atomic mass is 15.1. The molecule has 0 saturated carbocycles. The molecule has 0 radical (unpaired) electrons. The molecule has 1 aromatic heterocycles. The highest BCUT2D eigenvalue weighted by Crippen LogP contribution is 2.23. The van der Waals surface area contributed by atoms with Crippen molar-refractivity contribution >= 4 is 17.2 Å². The molecule has 3 rings (SSSR count). The predicted molar refractivity (Wildman–Crippen MR) is 70.4 cm³/mol. The quantitative estimate of drug-likeness (QED) is 0.851. The van der Waals surface area contributed by atoms with Gasteiger partial charge in [0.05, 0.1) is 17.9 Å². The molecule has 2 aromatic rings. The second-order valence-electron chi connectivity index (χ2n) is 4.47. The van der Waals surface area contributed by atoms with Gasteiger partial charge in [0.2, 0.25) is 0 Å². The van der Waals surface area contributed by atoms with E-state index in [1.54, 1.807) is 6.34 Å². The van der Waals surface area contributed by atoms with E-state index in [2.05, 4.69) is 41.5 Å². The van der Waals surface area contributed by atoms with Crippen LogP contribution in [0.2, 0.25) is 0 Å². The van der Waals surface area contributed by atoms with Gasteiger partial charge in [0, 0.05) is 23.5 Å². The number of benzene rings is 1. The van der Waals surface area contributed by atoms with E-state index in [1.807, 2.05) is 12.1 Å². The Balaban J connectivity index is 1.97. The summed E-state index contributed by atoms with van der Waals surface area (Å²) in [4.78, 5) is 9.13. The number of pyridine rings is 1. The molecule has 0 spiro atoms. The summed E-state index contributed by atoms with van der Waals surface area (Å²) in [5, 5.41) is 4.33. The molecule has 0 amide bonds. The number of aromatic nitrogens is 1. The van der Waals surface area contributed by atoms with Crippen molar-refractivity contribution in [2.45, 2.75) is 18.9 Å². The maximum Gasteiger partial charge on any atom is 0.0829 e. The van der Waals surface area contributed by atoms with Gasteiger partial charge in [-0.15, -0.1) is 0 Å². The van der Waals surface area contributed by atoms with E-state index in [9.17, 15) is 0 Å². The first-order valence-corrected chi connectivity index (χ1v) is 5.95. The zero-order chi connectivity index (χ0) is 11.7. The van der Waals surface area contributed by atoms with Crippen molar-refractivity contribution in [2.75, 3.05) is 6.54 Å². The molecule has 0 aliphatic carbocycles. The van der Waals surface area contributed by atoms with Gasteiger partial charge in [-0.3, -0.25) is 9.98 Å². The normalized spacial score (nSPS) is 20.4. The number of nitrogens with one attached hydrogen (secondary N) is 1. The monoisotopic (exact) mass is 225 g/mol. The molecule has 0 bridgehead atoms. The van der Waals surface area contributed by atoms with Crippen LogP contribution in [-0.4, -0.2) is 23.9 Å². The Hall–Kier alpha value is -1.90. The van der Waals surface area contributed by atoms with Crippen LogP contribution in [-0.2, 0) is 0 Å². The maximum atomic E-state index is 4.72. The summed E-state index contributed by atoms with van der Waals surface area (Å²) < 4.78 is 0. The first-order valence-electron chi connectivity index (χ1n) is 5.95. The zero-order valence-electron chi connectivity index (χ0n) is 9.80. The average Bonchev–Trinajstić information content (AvgIpc) is 2.91. The molecule has 17 heavy (non-hydrogen) atoms. The van der Waals surface area contributed by atoms with E-state index in [-0.39, 0.29) is 0 Å². The van der Waals surface area contributed by atoms with Crippen molar-refractivity contribution in [3.05, 3.63) is 42.1 Å². The number of hydrogen-bond donors (Lipinski definition) is 1. The third-order valence-electron chi connectivity index (χ3n) is 3.35. The topological polar surface area (TPSA) is 37.3 Å². The molecule has 0 fully saturated rings. The molecule has 2 unspecified atom stereocenters. The average molecular weight is 225 g/mol. The Morgan fingerprint density at radius 1 is 1.24 bits per heavy atom. The van der Waals surface area contributed by atoms with E-state index in [4.69, 9.17) is 4.98 Å². The second kappa shape index (κ2) is 4.17. The number of rotatable bonds is 2. The number of hydrogen-bond acceptors (Lipinski definition) is 3. The highest BCUT2D eigenvalue weighted by molar-refractivity contribution is 5.78. The van der Waals surface area contributed by atoms with Gasteiger partial charge in [0.15, 0.2) is 0 Å². The molecule has 1 aliphatic heterocycles. The molecular formula is C14H15N3. The number of para-hydroxylation sites is 1. The first kappa shape index (κ1) is 10.3. The summed E-state index contributed by atoms with van der Waals surface area (Å²) in [5.41, 5.74) is 2.18. The molecule has 86 valence electrons. The van der Waals surface area contributed by atoms with E-state index in [1.165, 1.54) is 5.39 Å². The first-order chi connectivity index (χ1) is 8.34. The fourth-order valence-electron chi connectivity index (χ4n) is 2.21. The van der Waals surface area contributed by atoms with Crippen LogP contribution in [0.15, 0.2) is 41.4 Å². The van der Waals surface area contributed by atoms with Crippen LogP contribution in [0.25, 0.3) is 10.9 Å². The van der Waals surface area contributed by atoms with Crippen LogP contribution in [0, 0.1) is 0 Å². The van der Waals surface area contributed by atoms with Gasteiger partial charge in [0.25, 0.3) is 0 Å². The minimum absolute atomic E-state index is 0.309. The van der Waals surface area contributed by atoms with Gasteiger partial charge in [-0.05, 0) is 12.1 Å². The van der Waals surface area contributed by atoms with Crippen molar-refractivity contribution in [1.82, 2.24) is 10.3 Å². The predicted octanol–water partition coefficient (Wildman–Crippen LogP) is 2.34. The Morgan fingerprint density at radius 2 is 2.12 bits per heavy atom. The Bertz CT molecular complexity index is 562. The number of aliphatic imine (C=N–C) groups is 1. The van der Waals surface area contributed by atoms with Gasteiger partial charge in [-0.2, -0.15) is 0 Å². The minimum atomic E-state index is 0.309. The molecule has 0 saturated heterocycles. The van der Waals surface area contributed by atoms with Crippen LogP contribution in [0.3, 0.4) is 0 Å². The molecule has 1 aliphatic rings. The summed E-state index contributed by atoms with van der Waals surface area (Å²) >= 11 is 0. The standard InChI is InChI=1S/C14H15N3/c1-10(14-8-15-9-16-14)12-7-6-11-4-2-3-5-13(11)17-12/h2-7,9-10,14H,8H2,1H3,(H,15,16). The van der Waals surface area contributed by atoms with Crippen LogP contribution < -0.4 is 5.32 Å². The van der Waals surface area contributed by atoms with E-state index >= 15 is 0 Å². The number of fused-ring (bicyclic) bond motifs is 1. The van der Waals surface area contributed by atoms with E-state index in [0.29, 0.717) is 12.0 Å². The fourth-order valence-corrected chi connectivity index (χ4v) is 2.21. The third kappa shape index (κ3) is 1.88. The number of nitrogens with zero attached hydrogens (tertiary/aromatic N) is 2. The van der Waals surface area contributed by atoms with Gasteiger partial charge in [0.1, 0.15) is 0 Å². The SMILES string of the molecule is CC(c1ccc2ccccc2n1)C1CNC=N1.